The monoisotopic (exact) mass is 183 g/mol. The van der Waals surface area contributed by atoms with Gasteiger partial charge in [0.1, 0.15) is 11.4 Å². The Balaban J connectivity index is 2.93. The van der Waals surface area contributed by atoms with Crippen LogP contribution in [0.3, 0.4) is 0 Å². The van der Waals surface area contributed by atoms with Crippen molar-refractivity contribution in [3.8, 4) is 0 Å². The molecule has 1 aromatic heterocycles. The molecule has 72 valence electrons. The second-order valence-electron chi connectivity index (χ2n) is 3.32. The second kappa shape index (κ2) is 3.47. The lowest BCUT2D eigenvalue weighted by Crippen LogP contribution is -2.10. The first-order valence-electron chi connectivity index (χ1n) is 4.07. The van der Waals surface area contributed by atoms with E-state index in [1.54, 1.807) is 0 Å². The molecule has 0 unspecified atom stereocenters. The van der Waals surface area contributed by atoms with Gasteiger partial charge in [-0.05, 0) is 5.92 Å². The molecule has 5 nitrogen and oxygen atoms in total. The summed E-state index contributed by atoms with van der Waals surface area (Å²) in [5.74, 6) is -0.419. The number of hydrogen-bond acceptors (Lipinski definition) is 3. The van der Waals surface area contributed by atoms with Crippen molar-refractivity contribution >= 4 is 11.8 Å². The number of nitrogen functional groups attached to an aromatic ring is 1. The van der Waals surface area contributed by atoms with E-state index < -0.39 is 5.97 Å². The van der Waals surface area contributed by atoms with Crippen LogP contribution >= 0.6 is 0 Å². The Hall–Kier alpha value is -1.52. The number of nitrogens with zero attached hydrogens (tertiary/aromatic N) is 2. The Labute approximate surface area is 76.2 Å². The molecule has 0 aliphatic carbocycles. The maximum Gasteiger partial charge on any atom is 0.341 e. The van der Waals surface area contributed by atoms with E-state index in [-0.39, 0.29) is 11.4 Å². The van der Waals surface area contributed by atoms with Gasteiger partial charge in [-0.15, -0.1) is 0 Å². The fourth-order valence-corrected chi connectivity index (χ4v) is 1.05. The van der Waals surface area contributed by atoms with Crippen molar-refractivity contribution < 1.29 is 9.90 Å². The highest BCUT2D eigenvalue weighted by Gasteiger charge is 2.13. The first-order valence-corrected chi connectivity index (χ1v) is 4.07. The molecule has 3 N–H and O–H groups in total. The highest BCUT2D eigenvalue weighted by Crippen LogP contribution is 2.12. The zero-order valence-corrected chi connectivity index (χ0v) is 7.69. The summed E-state index contributed by atoms with van der Waals surface area (Å²) in [6.45, 7) is 4.67. The van der Waals surface area contributed by atoms with Crippen LogP contribution < -0.4 is 5.73 Å². The quantitative estimate of drug-likeness (QED) is 0.726. The summed E-state index contributed by atoms with van der Waals surface area (Å²) in [6, 6.07) is 0. The molecule has 0 bridgehead atoms. The van der Waals surface area contributed by atoms with Crippen LogP contribution in [0.2, 0.25) is 0 Å². The molecule has 5 heteroatoms. The molecule has 0 atom stereocenters. The maximum atomic E-state index is 10.6. The summed E-state index contributed by atoms with van der Waals surface area (Å²) >= 11 is 0. The fraction of sp³-hybridized carbons (Fsp3) is 0.500. The topological polar surface area (TPSA) is 81.1 Å². The molecule has 1 heterocycles. The number of aromatic carboxylic acids is 1. The molecule has 0 aromatic carbocycles. The minimum Gasteiger partial charge on any atom is -0.477 e. The lowest BCUT2D eigenvalue weighted by molar-refractivity contribution is 0.0698. The average Bonchev–Trinajstić information content (AvgIpc) is 2.32. The Kier molecular flexibility index (Phi) is 2.55. The summed E-state index contributed by atoms with van der Waals surface area (Å²) in [5.41, 5.74) is 5.64. The van der Waals surface area contributed by atoms with Gasteiger partial charge in [0.2, 0.25) is 0 Å². The van der Waals surface area contributed by atoms with Crippen LogP contribution in [0.15, 0.2) is 6.20 Å². The molecule has 0 amide bonds. The first-order chi connectivity index (χ1) is 6.02. The van der Waals surface area contributed by atoms with Gasteiger partial charge in [0.05, 0.1) is 6.20 Å². The third kappa shape index (κ3) is 1.99. The minimum atomic E-state index is -1.03. The molecular weight excluding hydrogens is 170 g/mol. The van der Waals surface area contributed by atoms with Crippen LogP contribution in [0.5, 0.6) is 0 Å². The van der Waals surface area contributed by atoms with E-state index in [1.807, 2.05) is 13.8 Å². The van der Waals surface area contributed by atoms with E-state index in [2.05, 4.69) is 5.10 Å². The fourth-order valence-electron chi connectivity index (χ4n) is 1.05. The van der Waals surface area contributed by atoms with Crippen molar-refractivity contribution in [1.82, 2.24) is 9.78 Å². The Bertz CT molecular complexity index is 317. The summed E-state index contributed by atoms with van der Waals surface area (Å²) in [4.78, 5) is 10.6. The van der Waals surface area contributed by atoms with Gasteiger partial charge in [0.25, 0.3) is 0 Å². The average molecular weight is 183 g/mol. The first kappa shape index (κ1) is 9.57. The second-order valence-corrected chi connectivity index (χ2v) is 3.32. The lowest BCUT2D eigenvalue weighted by atomic mass is 10.2. The highest BCUT2D eigenvalue weighted by molar-refractivity contribution is 5.92. The van der Waals surface area contributed by atoms with Crippen LogP contribution in [0.4, 0.5) is 5.82 Å². The van der Waals surface area contributed by atoms with Crippen LogP contribution in [0.1, 0.15) is 24.2 Å². The summed E-state index contributed by atoms with van der Waals surface area (Å²) in [6.07, 6.45) is 1.28. The maximum absolute atomic E-state index is 10.6. The molecule has 0 saturated carbocycles. The summed E-state index contributed by atoms with van der Waals surface area (Å²) in [7, 11) is 0. The summed E-state index contributed by atoms with van der Waals surface area (Å²) in [5, 5.41) is 12.6. The van der Waals surface area contributed by atoms with Crippen LogP contribution in [-0.2, 0) is 6.54 Å². The van der Waals surface area contributed by atoms with Gasteiger partial charge in [-0.25, -0.2) is 9.48 Å². The van der Waals surface area contributed by atoms with Gasteiger partial charge in [-0.3, -0.25) is 0 Å². The van der Waals surface area contributed by atoms with Crippen LogP contribution in [-0.4, -0.2) is 20.9 Å². The normalized spacial score (nSPS) is 10.7. The van der Waals surface area contributed by atoms with Gasteiger partial charge in [-0.2, -0.15) is 5.10 Å². The van der Waals surface area contributed by atoms with E-state index in [0.717, 1.165) is 0 Å². The van der Waals surface area contributed by atoms with E-state index >= 15 is 0 Å². The van der Waals surface area contributed by atoms with Crippen LogP contribution in [0, 0.1) is 5.92 Å². The van der Waals surface area contributed by atoms with Crippen molar-refractivity contribution in [2.45, 2.75) is 20.4 Å². The number of aromatic nitrogens is 2. The largest absolute Gasteiger partial charge is 0.477 e. The molecule has 1 rings (SSSR count). The van der Waals surface area contributed by atoms with E-state index in [0.29, 0.717) is 12.5 Å². The standard InChI is InChI=1S/C8H13N3O2/c1-5(2)4-11-7(9)6(3-10-11)8(12)13/h3,5H,4,9H2,1-2H3,(H,12,13). The molecule has 13 heavy (non-hydrogen) atoms. The smallest absolute Gasteiger partial charge is 0.341 e. The number of carboxylic acid groups (broad SMARTS) is 1. The number of hydrogen-bond donors (Lipinski definition) is 2. The predicted molar refractivity (Wildman–Crippen MR) is 48.4 cm³/mol. The Morgan fingerprint density at radius 2 is 2.38 bits per heavy atom. The molecule has 0 aliphatic rings. The summed E-state index contributed by atoms with van der Waals surface area (Å²) < 4.78 is 1.51. The third-order valence-electron chi connectivity index (χ3n) is 1.65. The molecule has 0 radical (unpaired) electrons. The van der Waals surface area contributed by atoms with E-state index in [4.69, 9.17) is 10.8 Å². The predicted octanol–water partition coefficient (Wildman–Crippen LogP) is 0.820. The number of nitrogens with two attached hydrogens (primary N) is 1. The zero-order valence-electron chi connectivity index (χ0n) is 7.69. The Morgan fingerprint density at radius 3 is 2.77 bits per heavy atom. The van der Waals surface area contributed by atoms with Crippen LogP contribution in [0.25, 0.3) is 0 Å². The number of anilines is 1. The SMILES string of the molecule is CC(C)Cn1ncc(C(=O)O)c1N. The highest BCUT2D eigenvalue weighted by atomic mass is 16.4. The minimum absolute atomic E-state index is 0.0700. The number of rotatable bonds is 3. The molecule has 0 fully saturated rings. The lowest BCUT2D eigenvalue weighted by Gasteiger charge is -2.06. The molecule has 0 saturated heterocycles. The molecule has 0 spiro atoms. The van der Waals surface area contributed by atoms with Crippen molar-refractivity contribution in [3.05, 3.63) is 11.8 Å². The van der Waals surface area contributed by atoms with Gasteiger partial charge < -0.3 is 10.8 Å². The number of carboxylic acids is 1. The van der Waals surface area contributed by atoms with E-state index in [1.165, 1.54) is 10.9 Å². The number of carbonyl (C=O) groups is 1. The van der Waals surface area contributed by atoms with Gasteiger partial charge >= 0.3 is 5.97 Å². The van der Waals surface area contributed by atoms with Gasteiger partial charge in [-0.1, -0.05) is 13.8 Å². The van der Waals surface area contributed by atoms with Gasteiger partial charge in [0, 0.05) is 6.54 Å². The van der Waals surface area contributed by atoms with Crippen molar-refractivity contribution in [2.24, 2.45) is 5.92 Å². The zero-order chi connectivity index (χ0) is 10.0. The van der Waals surface area contributed by atoms with Crippen molar-refractivity contribution in [3.63, 3.8) is 0 Å². The Morgan fingerprint density at radius 1 is 1.77 bits per heavy atom. The van der Waals surface area contributed by atoms with E-state index in [9.17, 15) is 4.79 Å². The molecule has 1 aromatic rings. The van der Waals surface area contributed by atoms with Crippen molar-refractivity contribution in [1.29, 1.82) is 0 Å². The molecule has 0 aliphatic heterocycles. The van der Waals surface area contributed by atoms with Gasteiger partial charge in [0.15, 0.2) is 0 Å². The van der Waals surface area contributed by atoms with Crippen molar-refractivity contribution in [2.75, 3.05) is 5.73 Å². The third-order valence-corrected chi connectivity index (χ3v) is 1.65. The molecular formula is C8H13N3O2.